The summed E-state index contributed by atoms with van der Waals surface area (Å²) in [6.45, 7) is 0.678. The Labute approximate surface area is 105 Å². The van der Waals surface area contributed by atoms with E-state index in [0.717, 1.165) is 12.8 Å². The Kier molecular flexibility index (Phi) is 3.52. The van der Waals surface area contributed by atoms with E-state index in [4.69, 9.17) is 10.5 Å². The second-order valence-electron chi connectivity index (χ2n) is 4.64. The quantitative estimate of drug-likeness (QED) is 0.827. The second-order valence-corrected chi connectivity index (χ2v) is 4.64. The lowest BCUT2D eigenvalue weighted by Gasteiger charge is -2.13. The van der Waals surface area contributed by atoms with Crippen LogP contribution in [0.3, 0.4) is 0 Å². The van der Waals surface area contributed by atoms with Gasteiger partial charge in [-0.1, -0.05) is 6.07 Å². The number of halogens is 1. The molecule has 98 valence electrons. The van der Waals surface area contributed by atoms with Gasteiger partial charge in [0, 0.05) is 13.1 Å². The molecule has 0 atom stereocenters. The first-order chi connectivity index (χ1) is 8.61. The molecule has 0 unspecified atom stereocenters. The molecule has 4 nitrogen and oxygen atoms in total. The predicted octanol–water partition coefficient (Wildman–Crippen LogP) is 1.19. The van der Waals surface area contributed by atoms with Gasteiger partial charge in [0.05, 0.1) is 12.5 Å². The van der Waals surface area contributed by atoms with Crippen LogP contribution in [0.4, 0.5) is 4.39 Å². The minimum Gasteiger partial charge on any atom is -0.494 e. The van der Waals surface area contributed by atoms with Gasteiger partial charge in [-0.25, -0.2) is 4.39 Å². The molecule has 0 spiro atoms. The van der Waals surface area contributed by atoms with Crippen molar-refractivity contribution in [2.45, 2.75) is 19.4 Å². The van der Waals surface area contributed by atoms with Crippen LogP contribution in [0.5, 0.6) is 5.75 Å². The van der Waals surface area contributed by atoms with Crippen LogP contribution in [0.1, 0.15) is 18.4 Å². The highest BCUT2D eigenvalue weighted by molar-refractivity contribution is 5.85. The molecule has 1 aliphatic rings. The number of rotatable bonds is 5. The molecule has 0 radical (unpaired) electrons. The highest BCUT2D eigenvalue weighted by Crippen LogP contribution is 2.44. The number of carbonyl (C=O) groups is 1. The molecular formula is C13H17FN2O2. The van der Waals surface area contributed by atoms with Gasteiger partial charge in [-0.2, -0.15) is 0 Å². The molecular weight excluding hydrogens is 235 g/mol. The van der Waals surface area contributed by atoms with Crippen molar-refractivity contribution in [3.63, 3.8) is 0 Å². The summed E-state index contributed by atoms with van der Waals surface area (Å²) in [5, 5.41) is 2.79. The molecule has 5 heteroatoms. The van der Waals surface area contributed by atoms with Crippen LogP contribution < -0.4 is 15.8 Å². The number of amides is 1. The molecule has 18 heavy (non-hydrogen) atoms. The average molecular weight is 252 g/mol. The molecule has 2 rings (SSSR count). The second kappa shape index (κ2) is 4.94. The lowest BCUT2D eigenvalue weighted by Crippen LogP contribution is -2.36. The van der Waals surface area contributed by atoms with Crippen LogP contribution in [0.2, 0.25) is 0 Å². The Morgan fingerprint density at radius 2 is 2.28 bits per heavy atom. The van der Waals surface area contributed by atoms with Crippen molar-refractivity contribution in [1.82, 2.24) is 5.32 Å². The third kappa shape index (κ3) is 2.46. The molecule has 1 amide bonds. The predicted molar refractivity (Wildman–Crippen MR) is 65.5 cm³/mol. The number of ether oxygens (including phenoxy) is 1. The molecule has 1 aromatic carbocycles. The minimum absolute atomic E-state index is 0.0405. The fourth-order valence-corrected chi connectivity index (χ4v) is 1.86. The first-order valence-electron chi connectivity index (χ1n) is 5.92. The molecule has 0 bridgehead atoms. The number of benzene rings is 1. The van der Waals surface area contributed by atoms with Gasteiger partial charge in [0.25, 0.3) is 0 Å². The van der Waals surface area contributed by atoms with Crippen LogP contribution in [0, 0.1) is 11.2 Å². The van der Waals surface area contributed by atoms with Crippen LogP contribution >= 0.6 is 0 Å². The zero-order valence-corrected chi connectivity index (χ0v) is 10.3. The Balaban J connectivity index is 1.94. The molecule has 0 saturated heterocycles. The summed E-state index contributed by atoms with van der Waals surface area (Å²) < 4.78 is 18.3. The normalized spacial score (nSPS) is 16.2. The van der Waals surface area contributed by atoms with Crippen molar-refractivity contribution < 1.29 is 13.9 Å². The molecule has 0 aliphatic heterocycles. The average Bonchev–Trinajstić information content (AvgIpc) is 3.17. The highest BCUT2D eigenvalue weighted by atomic mass is 19.1. The number of nitrogens with one attached hydrogen (secondary N) is 1. The molecule has 3 N–H and O–H groups in total. The maximum atomic E-state index is 13.4. The van der Waals surface area contributed by atoms with Gasteiger partial charge in [-0.3, -0.25) is 4.79 Å². The van der Waals surface area contributed by atoms with E-state index < -0.39 is 5.82 Å². The molecule has 1 fully saturated rings. The lowest BCUT2D eigenvalue weighted by atomic mass is 10.1. The highest BCUT2D eigenvalue weighted by Gasteiger charge is 2.48. The Bertz CT molecular complexity index is 458. The summed E-state index contributed by atoms with van der Waals surface area (Å²) in [5.41, 5.74) is 5.90. The van der Waals surface area contributed by atoms with Crippen molar-refractivity contribution in [2.75, 3.05) is 13.7 Å². The Morgan fingerprint density at radius 1 is 1.56 bits per heavy atom. The number of methoxy groups -OCH3 is 1. The van der Waals surface area contributed by atoms with Crippen molar-refractivity contribution in [1.29, 1.82) is 0 Å². The van der Waals surface area contributed by atoms with Gasteiger partial charge >= 0.3 is 0 Å². The fourth-order valence-electron chi connectivity index (χ4n) is 1.86. The largest absolute Gasteiger partial charge is 0.494 e. The van der Waals surface area contributed by atoms with Crippen LogP contribution in [-0.2, 0) is 11.3 Å². The fraction of sp³-hybridized carbons (Fsp3) is 0.462. The van der Waals surface area contributed by atoms with E-state index in [1.54, 1.807) is 12.1 Å². The molecule has 1 saturated carbocycles. The van der Waals surface area contributed by atoms with E-state index in [-0.39, 0.29) is 17.1 Å². The summed E-state index contributed by atoms with van der Waals surface area (Å²) in [6.07, 6.45) is 1.68. The third-order valence-corrected chi connectivity index (χ3v) is 3.40. The maximum Gasteiger partial charge on any atom is 0.227 e. The number of hydrogen-bond donors (Lipinski definition) is 2. The smallest absolute Gasteiger partial charge is 0.227 e. The number of hydrogen-bond acceptors (Lipinski definition) is 3. The van der Waals surface area contributed by atoms with Crippen LogP contribution in [0.25, 0.3) is 0 Å². The van der Waals surface area contributed by atoms with Crippen molar-refractivity contribution in [3.8, 4) is 5.75 Å². The third-order valence-electron chi connectivity index (χ3n) is 3.40. The van der Waals surface area contributed by atoms with E-state index in [1.807, 2.05) is 0 Å². The van der Waals surface area contributed by atoms with Crippen molar-refractivity contribution >= 4 is 5.91 Å². The molecule has 1 aromatic rings. The summed E-state index contributed by atoms with van der Waals surface area (Å²) in [7, 11) is 1.41. The number of nitrogens with two attached hydrogens (primary N) is 1. The summed E-state index contributed by atoms with van der Waals surface area (Å²) in [6, 6.07) is 4.64. The summed E-state index contributed by atoms with van der Waals surface area (Å²) >= 11 is 0. The van der Waals surface area contributed by atoms with Gasteiger partial charge in [0.2, 0.25) is 5.91 Å². The standard InChI is InChI=1S/C13H17FN2O2/c1-18-11-3-2-9(6-10(11)14)7-16-12(17)13(8-15)4-5-13/h2-3,6H,4-5,7-8,15H2,1H3,(H,16,17). The van der Waals surface area contributed by atoms with E-state index in [0.29, 0.717) is 18.7 Å². The lowest BCUT2D eigenvalue weighted by molar-refractivity contribution is -0.126. The van der Waals surface area contributed by atoms with Gasteiger partial charge in [-0.05, 0) is 30.5 Å². The maximum absolute atomic E-state index is 13.4. The van der Waals surface area contributed by atoms with E-state index in [1.165, 1.54) is 13.2 Å². The van der Waals surface area contributed by atoms with Crippen LogP contribution in [0.15, 0.2) is 18.2 Å². The Hall–Kier alpha value is -1.62. The summed E-state index contributed by atoms with van der Waals surface area (Å²) in [4.78, 5) is 11.8. The van der Waals surface area contributed by atoms with E-state index >= 15 is 0 Å². The van der Waals surface area contributed by atoms with Crippen molar-refractivity contribution in [2.24, 2.45) is 11.1 Å². The van der Waals surface area contributed by atoms with Gasteiger partial charge in [-0.15, -0.1) is 0 Å². The topological polar surface area (TPSA) is 64.3 Å². The first-order valence-corrected chi connectivity index (χ1v) is 5.92. The zero-order chi connectivity index (χ0) is 13.2. The minimum atomic E-state index is -0.427. The molecule has 0 heterocycles. The van der Waals surface area contributed by atoms with Gasteiger partial charge < -0.3 is 15.8 Å². The SMILES string of the molecule is COc1ccc(CNC(=O)C2(CN)CC2)cc1F. The van der Waals surface area contributed by atoms with Crippen molar-refractivity contribution in [3.05, 3.63) is 29.6 Å². The number of carbonyl (C=O) groups excluding carboxylic acids is 1. The van der Waals surface area contributed by atoms with E-state index in [2.05, 4.69) is 5.32 Å². The van der Waals surface area contributed by atoms with Gasteiger partial charge in [0.1, 0.15) is 0 Å². The van der Waals surface area contributed by atoms with Gasteiger partial charge in [0.15, 0.2) is 11.6 Å². The first kappa shape index (κ1) is 12.8. The van der Waals surface area contributed by atoms with E-state index in [9.17, 15) is 9.18 Å². The van der Waals surface area contributed by atoms with Crippen LogP contribution in [-0.4, -0.2) is 19.6 Å². The molecule has 0 aromatic heterocycles. The Morgan fingerprint density at radius 3 is 2.78 bits per heavy atom. The zero-order valence-electron chi connectivity index (χ0n) is 10.3. The molecule has 1 aliphatic carbocycles. The summed E-state index contributed by atoms with van der Waals surface area (Å²) in [5.74, 6) is -0.267. The monoisotopic (exact) mass is 252 g/mol.